The van der Waals surface area contributed by atoms with Crippen molar-refractivity contribution in [3.05, 3.63) is 39.0 Å². The number of rotatable bonds is 2. The number of aryl methyl sites for hydroxylation is 2. The molecule has 0 unspecified atom stereocenters. The normalized spacial score (nSPS) is 10.5. The third-order valence-electron chi connectivity index (χ3n) is 2.67. The second-order valence-corrected chi connectivity index (χ2v) is 5.34. The second kappa shape index (κ2) is 5.22. The molecular formula is C12H12BrClN4O. The number of hydrogen-bond donors (Lipinski definition) is 2. The molecule has 0 saturated carbocycles. The van der Waals surface area contributed by atoms with Crippen LogP contribution in [0.2, 0.25) is 5.02 Å². The van der Waals surface area contributed by atoms with Crippen LogP contribution >= 0.6 is 27.5 Å². The van der Waals surface area contributed by atoms with E-state index in [1.54, 1.807) is 32.2 Å². The third kappa shape index (κ3) is 2.74. The Bertz CT molecular complexity index is 653. The molecule has 0 bridgehead atoms. The molecular weight excluding hydrogens is 332 g/mol. The molecule has 1 aromatic carbocycles. The van der Waals surface area contributed by atoms with Crippen molar-refractivity contribution in [2.45, 2.75) is 6.92 Å². The van der Waals surface area contributed by atoms with Crippen molar-refractivity contribution in [2.24, 2.45) is 7.05 Å². The molecule has 3 N–H and O–H groups in total. The van der Waals surface area contributed by atoms with Crippen LogP contribution in [0.25, 0.3) is 0 Å². The lowest BCUT2D eigenvalue weighted by Crippen LogP contribution is -2.16. The third-order valence-corrected chi connectivity index (χ3v) is 3.60. The Morgan fingerprint density at radius 3 is 2.79 bits per heavy atom. The predicted octanol–water partition coefficient (Wildman–Crippen LogP) is 2.98. The molecule has 7 heteroatoms. The van der Waals surface area contributed by atoms with Crippen LogP contribution in [-0.2, 0) is 7.05 Å². The minimum Gasteiger partial charge on any atom is -0.394 e. The Kier molecular flexibility index (Phi) is 3.82. The molecule has 0 radical (unpaired) electrons. The van der Waals surface area contributed by atoms with Crippen LogP contribution in [0.15, 0.2) is 22.7 Å². The first kappa shape index (κ1) is 13.9. The minimum atomic E-state index is -0.302. The maximum atomic E-state index is 12.2. The van der Waals surface area contributed by atoms with Crippen molar-refractivity contribution in [3.63, 3.8) is 0 Å². The van der Waals surface area contributed by atoms with E-state index in [4.69, 9.17) is 17.3 Å². The molecule has 0 aliphatic carbocycles. The number of nitrogen functional groups attached to an aromatic ring is 1. The summed E-state index contributed by atoms with van der Waals surface area (Å²) in [6.45, 7) is 1.78. The first-order chi connectivity index (χ1) is 8.90. The molecule has 5 nitrogen and oxygen atoms in total. The lowest BCUT2D eigenvalue weighted by Gasteiger charge is -2.08. The van der Waals surface area contributed by atoms with E-state index in [0.29, 0.717) is 32.3 Å². The molecule has 2 aromatic rings. The zero-order valence-corrected chi connectivity index (χ0v) is 12.7. The molecule has 1 amide bonds. The molecule has 0 aliphatic rings. The maximum absolute atomic E-state index is 12.2. The lowest BCUT2D eigenvalue weighted by atomic mass is 10.2. The number of anilines is 2. The second-order valence-electron chi connectivity index (χ2n) is 4.05. The van der Waals surface area contributed by atoms with Crippen LogP contribution in [0.3, 0.4) is 0 Å². The van der Waals surface area contributed by atoms with Gasteiger partial charge in [-0.3, -0.25) is 9.48 Å². The molecule has 19 heavy (non-hydrogen) atoms. The number of nitrogens with zero attached hydrogens (tertiary/aromatic N) is 2. The smallest absolute Gasteiger partial charge is 0.258 e. The molecule has 1 aromatic heterocycles. The topological polar surface area (TPSA) is 72.9 Å². The number of amides is 1. The van der Waals surface area contributed by atoms with Crippen molar-refractivity contribution in [1.29, 1.82) is 0 Å². The number of benzene rings is 1. The van der Waals surface area contributed by atoms with Gasteiger partial charge in [0.05, 0.1) is 16.9 Å². The minimum absolute atomic E-state index is 0.302. The number of nitrogens with two attached hydrogens (primary N) is 1. The standard InChI is InChI=1S/C12H12BrClN4O/c1-6-10(15)11(18(2)17-6)16-12(19)8-5-7(14)3-4-9(8)13/h3-5H,15H2,1-2H3,(H,16,19). The average Bonchev–Trinajstić information content (AvgIpc) is 2.59. The molecule has 0 spiro atoms. The van der Waals surface area contributed by atoms with E-state index >= 15 is 0 Å². The van der Waals surface area contributed by atoms with E-state index in [1.807, 2.05) is 0 Å². The van der Waals surface area contributed by atoms with Crippen LogP contribution in [0, 0.1) is 6.92 Å². The molecule has 0 aliphatic heterocycles. The maximum Gasteiger partial charge on any atom is 0.258 e. The van der Waals surface area contributed by atoms with Gasteiger partial charge < -0.3 is 11.1 Å². The van der Waals surface area contributed by atoms with E-state index in [9.17, 15) is 4.79 Å². The van der Waals surface area contributed by atoms with Gasteiger partial charge in [0, 0.05) is 16.5 Å². The molecule has 0 saturated heterocycles. The van der Waals surface area contributed by atoms with Crippen LogP contribution in [0.5, 0.6) is 0 Å². The van der Waals surface area contributed by atoms with Gasteiger partial charge in [0.2, 0.25) is 0 Å². The number of carbonyl (C=O) groups is 1. The number of aromatic nitrogens is 2. The van der Waals surface area contributed by atoms with Crippen molar-refractivity contribution < 1.29 is 4.79 Å². The Hall–Kier alpha value is -1.53. The lowest BCUT2D eigenvalue weighted by molar-refractivity contribution is 0.102. The van der Waals surface area contributed by atoms with Crippen molar-refractivity contribution in [2.75, 3.05) is 11.1 Å². The number of halogens is 2. The summed E-state index contributed by atoms with van der Waals surface area (Å²) >= 11 is 9.20. The Balaban J connectivity index is 2.33. The monoisotopic (exact) mass is 342 g/mol. The quantitative estimate of drug-likeness (QED) is 0.880. The highest BCUT2D eigenvalue weighted by Crippen LogP contribution is 2.25. The Morgan fingerprint density at radius 1 is 1.53 bits per heavy atom. The number of carbonyl (C=O) groups excluding carboxylic acids is 1. The Labute approximate surface area is 123 Å². The van der Waals surface area contributed by atoms with E-state index < -0.39 is 0 Å². The van der Waals surface area contributed by atoms with Gasteiger partial charge in [-0.15, -0.1) is 0 Å². The van der Waals surface area contributed by atoms with E-state index in [2.05, 4.69) is 26.3 Å². The van der Waals surface area contributed by atoms with Crippen molar-refractivity contribution in [1.82, 2.24) is 9.78 Å². The molecule has 0 atom stereocenters. The Morgan fingerprint density at radius 2 is 2.21 bits per heavy atom. The van der Waals surface area contributed by atoms with Gasteiger partial charge in [0.1, 0.15) is 0 Å². The fraction of sp³-hybridized carbons (Fsp3) is 0.167. The summed E-state index contributed by atoms with van der Waals surface area (Å²) in [4.78, 5) is 12.2. The average molecular weight is 344 g/mol. The molecule has 0 fully saturated rings. The summed E-state index contributed by atoms with van der Waals surface area (Å²) in [6.07, 6.45) is 0. The van der Waals surface area contributed by atoms with Gasteiger partial charge in [-0.1, -0.05) is 11.6 Å². The summed E-state index contributed by atoms with van der Waals surface area (Å²) < 4.78 is 2.19. The fourth-order valence-electron chi connectivity index (χ4n) is 1.67. The van der Waals surface area contributed by atoms with Gasteiger partial charge >= 0.3 is 0 Å². The summed E-state index contributed by atoms with van der Waals surface area (Å²) in [5, 5.41) is 7.36. The predicted molar refractivity (Wildman–Crippen MR) is 79.5 cm³/mol. The van der Waals surface area contributed by atoms with Gasteiger partial charge in [-0.2, -0.15) is 5.10 Å². The van der Waals surface area contributed by atoms with Crippen molar-refractivity contribution >= 4 is 44.9 Å². The summed E-state index contributed by atoms with van der Waals surface area (Å²) in [5.41, 5.74) is 7.42. The van der Waals surface area contributed by atoms with E-state index in [-0.39, 0.29) is 5.91 Å². The van der Waals surface area contributed by atoms with Gasteiger partial charge in [0.15, 0.2) is 5.82 Å². The molecule has 1 heterocycles. The number of hydrogen-bond acceptors (Lipinski definition) is 3. The molecule has 2 rings (SSSR count). The van der Waals surface area contributed by atoms with Crippen LogP contribution < -0.4 is 11.1 Å². The fourth-order valence-corrected chi connectivity index (χ4v) is 2.27. The zero-order chi connectivity index (χ0) is 14.2. The largest absolute Gasteiger partial charge is 0.394 e. The molecule has 100 valence electrons. The van der Waals surface area contributed by atoms with Gasteiger partial charge in [-0.05, 0) is 41.1 Å². The highest BCUT2D eigenvalue weighted by molar-refractivity contribution is 9.10. The summed E-state index contributed by atoms with van der Waals surface area (Å²) in [7, 11) is 1.71. The van der Waals surface area contributed by atoms with Crippen molar-refractivity contribution in [3.8, 4) is 0 Å². The zero-order valence-electron chi connectivity index (χ0n) is 10.4. The highest BCUT2D eigenvalue weighted by Gasteiger charge is 2.16. The van der Waals surface area contributed by atoms with E-state index in [0.717, 1.165) is 0 Å². The van der Waals surface area contributed by atoms with E-state index in [1.165, 1.54) is 4.68 Å². The van der Waals surface area contributed by atoms with Crippen LogP contribution in [0.4, 0.5) is 11.5 Å². The first-order valence-electron chi connectivity index (χ1n) is 5.45. The van der Waals surface area contributed by atoms with Crippen LogP contribution in [0.1, 0.15) is 16.1 Å². The number of nitrogens with one attached hydrogen (secondary N) is 1. The van der Waals surface area contributed by atoms with Crippen LogP contribution in [-0.4, -0.2) is 15.7 Å². The van der Waals surface area contributed by atoms with Gasteiger partial charge in [0.25, 0.3) is 5.91 Å². The van der Waals surface area contributed by atoms with Gasteiger partial charge in [-0.25, -0.2) is 0 Å². The first-order valence-corrected chi connectivity index (χ1v) is 6.62. The summed E-state index contributed by atoms with van der Waals surface area (Å²) in [6, 6.07) is 5.00. The SMILES string of the molecule is Cc1nn(C)c(NC(=O)c2cc(Cl)ccc2Br)c1N. The highest BCUT2D eigenvalue weighted by atomic mass is 79.9. The summed E-state index contributed by atoms with van der Waals surface area (Å²) in [5.74, 6) is 0.165.